The van der Waals surface area contributed by atoms with Gasteiger partial charge in [-0.2, -0.15) is 0 Å². The minimum Gasteiger partial charge on any atom is -0.490 e. The molecule has 3 nitrogen and oxygen atoms in total. The van der Waals surface area contributed by atoms with Crippen LogP contribution in [0, 0.1) is 5.82 Å². The van der Waals surface area contributed by atoms with Crippen molar-refractivity contribution in [2.45, 2.75) is 24.8 Å². The number of hydrogen-bond donors (Lipinski definition) is 0. The van der Waals surface area contributed by atoms with Gasteiger partial charge in [-0.05, 0) is 32.0 Å². The fourth-order valence-corrected chi connectivity index (χ4v) is 2.00. The van der Waals surface area contributed by atoms with Crippen LogP contribution < -0.4 is 4.74 Å². The van der Waals surface area contributed by atoms with Gasteiger partial charge in [0.25, 0.3) is 9.05 Å². The van der Waals surface area contributed by atoms with Crippen molar-refractivity contribution in [1.82, 2.24) is 0 Å². The Bertz CT molecular complexity index is 456. The second kappa shape index (κ2) is 4.37. The van der Waals surface area contributed by atoms with Crippen molar-refractivity contribution < 1.29 is 17.5 Å². The maximum absolute atomic E-state index is 12.8. The summed E-state index contributed by atoms with van der Waals surface area (Å²) in [6.07, 6.45) is -0.215. The summed E-state index contributed by atoms with van der Waals surface area (Å²) in [5.74, 6) is -0.619. The molecule has 0 heterocycles. The molecule has 1 aromatic rings. The fraction of sp³-hybridized carbons (Fsp3) is 0.333. The maximum atomic E-state index is 12.8. The Labute approximate surface area is 92.2 Å². The van der Waals surface area contributed by atoms with Crippen molar-refractivity contribution in [3.05, 3.63) is 24.0 Å². The summed E-state index contributed by atoms with van der Waals surface area (Å²) >= 11 is 0. The first kappa shape index (κ1) is 12.3. The lowest BCUT2D eigenvalue weighted by atomic mass is 10.3. The highest BCUT2D eigenvalue weighted by molar-refractivity contribution is 8.13. The summed E-state index contributed by atoms with van der Waals surface area (Å²) in [6.45, 7) is 3.46. The Hall–Kier alpha value is -0.810. The van der Waals surface area contributed by atoms with Crippen LogP contribution in [0.4, 0.5) is 4.39 Å². The van der Waals surface area contributed by atoms with Crippen molar-refractivity contribution in [2.24, 2.45) is 0 Å². The molecule has 0 aliphatic rings. The van der Waals surface area contributed by atoms with Crippen LogP contribution in [0.2, 0.25) is 0 Å². The molecule has 0 amide bonds. The zero-order valence-corrected chi connectivity index (χ0v) is 9.77. The second-order valence-electron chi connectivity index (χ2n) is 3.20. The Balaban J connectivity index is 3.27. The summed E-state index contributed by atoms with van der Waals surface area (Å²) < 4.78 is 40.2. The monoisotopic (exact) mass is 252 g/mol. The molecule has 0 aliphatic carbocycles. The third-order valence-corrected chi connectivity index (χ3v) is 2.87. The van der Waals surface area contributed by atoms with Crippen molar-refractivity contribution in [1.29, 1.82) is 0 Å². The molecule has 0 atom stereocenters. The Morgan fingerprint density at radius 2 is 2.00 bits per heavy atom. The molecule has 0 fully saturated rings. The van der Waals surface area contributed by atoms with Crippen LogP contribution >= 0.6 is 10.7 Å². The molecule has 1 aromatic carbocycles. The van der Waals surface area contributed by atoms with Gasteiger partial charge in [0.05, 0.1) is 6.10 Å². The Kier molecular flexibility index (Phi) is 3.57. The highest BCUT2D eigenvalue weighted by Gasteiger charge is 2.18. The molecule has 0 unspecified atom stereocenters. The Morgan fingerprint density at radius 3 is 2.47 bits per heavy atom. The van der Waals surface area contributed by atoms with Gasteiger partial charge in [0, 0.05) is 10.7 Å². The molecule has 0 aliphatic heterocycles. The molecule has 0 radical (unpaired) electrons. The van der Waals surface area contributed by atoms with E-state index in [0.717, 1.165) is 12.1 Å². The number of halogens is 2. The molecule has 0 spiro atoms. The molecular weight excluding hydrogens is 243 g/mol. The van der Waals surface area contributed by atoms with Crippen LogP contribution in [0.25, 0.3) is 0 Å². The van der Waals surface area contributed by atoms with Crippen LogP contribution in [-0.2, 0) is 9.05 Å². The summed E-state index contributed by atoms with van der Waals surface area (Å²) in [5, 5.41) is 0. The third-order valence-electron chi connectivity index (χ3n) is 1.53. The molecule has 0 N–H and O–H groups in total. The van der Waals surface area contributed by atoms with E-state index < -0.39 is 14.9 Å². The van der Waals surface area contributed by atoms with Crippen molar-refractivity contribution in [3.8, 4) is 5.75 Å². The molecule has 0 bridgehead atoms. The first-order chi connectivity index (χ1) is 6.80. The summed E-state index contributed by atoms with van der Waals surface area (Å²) in [5.41, 5.74) is 0. The normalized spacial score (nSPS) is 11.8. The SMILES string of the molecule is CC(C)Oc1ccc(F)cc1S(=O)(=O)Cl. The fourth-order valence-electron chi connectivity index (χ4n) is 1.02. The molecule has 84 valence electrons. The summed E-state index contributed by atoms with van der Waals surface area (Å²) in [6, 6.07) is 3.19. The quantitative estimate of drug-likeness (QED) is 0.777. The summed E-state index contributed by atoms with van der Waals surface area (Å²) in [7, 11) is 1.15. The molecule has 0 saturated heterocycles. The van der Waals surface area contributed by atoms with Gasteiger partial charge in [-0.15, -0.1) is 0 Å². The van der Waals surface area contributed by atoms with E-state index in [2.05, 4.69) is 0 Å². The average Bonchev–Trinajstić information content (AvgIpc) is 2.05. The van der Waals surface area contributed by atoms with Crippen molar-refractivity contribution in [3.63, 3.8) is 0 Å². The van der Waals surface area contributed by atoms with Crippen LogP contribution in [0.5, 0.6) is 5.75 Å². The van der Waals surface area contributed by atoms with E-state index in [1.807, 2.05) is 0 Å². The van der Waals surface area contributed by atoms with Gasteiger partial charge in [-0.1, -0.05) is 0 Å². The average molecular weight is 253 g/mol. The molecule has 0 saturated carbocycles. The van der Waals surface area contributed by atoms with Gasteiger partial charge in [0.15, 0.2) is 0 Å². The van der Waals surface area contributed by atoms with Crippen molar-refractivity contribution >= 4 is 19.7 Å². The lowest BCUT2D eigenvalue weighted by Gasteiger charge is -2.12. The van der Waals surface area contributed by atoms with E-state index in [0.29, 0.717) is 0 Å². The molecular formula is C9H10ClFO3S. The van der Waals surface area contributed by atoms with Gasteiger partial charge in [-0.25, -0.2) is 12.8 Å². The highest BCUT2D eigenvalue weighted by Crippen LogP contribution is 2.28. The standard InChI is InChI=1S/C9H10ClFO3S/c1-6(2)14-8-4-3-7(11)5-9(8)15(10,12)13/h3-6H,1-2H3. The third kappa shape index (κ3) is 3.35. The predicted molar refractivity (Wildman–Crippen MR) is 55.2 cm³/mol. The highest BCUT2D eigenvalue weighted by atomic mass is 35.7. The van der Waals surface area contributed by atoms with E-state index >= 15 is 0 Å². The van der Waals surface area contributed by atoms with E-state index in [9.17, 15) is 12.8 Å². The maximum Gasteiger partial charge on any atom is 0.265 e. The van der Waals surface area contributed by atoms with Crippen LogP contribution in [0.3, 0.4) is 0 Å². The van der Waals surface area contributed by atoms with Crippen molar-refractivity contribution in [2.75, 3.05) is 0 Å². The van der Waals surface area contributed by atoms with Gasteiger partial charge in [0.2, 0.25) is 0 Å². The van der Waals surface area contributed by atoms with E-state index in [1.54, 1.807) is 13.8 Å². The molecule has 1 rings (SSSR count). The second-order valence-corrected chi connectivity index (χ2v) is 5.73. The van der Waals surface area contributed by atoms with E-state index in [1.165, 1.54) is 6.07 Å². The molecule has 0 aromatic heterocycles. The Morgan fingerprint density at radius 1 is 1.40 bits per heavy atom. The number of ether oxygens (including phenoxy) is 1. The molecule has 6 heteroatoms. The van der Waals surface area contributed by atoms with Gasteiger partial charge < -0.3 is 4.74 Å². The lowest BCUT2D eigenvalue weighted by molar-refractivity contribution is 0.235. The van der Waals surface area contributed by atoms with Crippen LogP contribution in [0.15, 0.2) is 23.1 Å². The first-order valence-electron chi connectivity index (χ1n) is 4.21. The topological polar surface area (TPSA) is 43.4 Å². The van der Waals surface area contributed by atoms with Crippen LogP contribution in [0.1, 0.15) is 13.8 Å². The van der Waals surface area contributed by atoms with Gasteiger partial charge in [0.1, 0.15) is 16.5 Å². The van der Waals surface area contributed by atoms with Gasteiger partial charge in [-0.3, -0.25) is 0 Å². The number of rotatable bonds is 3. The number of hydrogen-bond acceptors (Lipinski definition) is 3. The first-order valence-corrected chi connectivity index (χ1v) is 6.52. The zero-order chi connectivity index (χ0) is 11.6. The largest absolute Gasteiger partial charge is 0.490 e. The predicted octanol–water partition coefficient (Wildman–Crippen LogP) is 2.54. The smallest absolute Gasteiger partial charge is 0.265 e. The molecule has 15 heavy (non-hydrogen) atoms. The minimum atomic E-state index is -3.99. The van der Waals surface area contributed by atoms with E-state index in [4.69, 9.17) is 15.4 Å². The minimum absolute atomic E-state index is 0.0569. The number of benzene rings is 1. The zero-order valence-electron chi connectivity index (χ0n) is 8.20. The van der Waals surface area contributed by atoms with E-state index in [-0.39, 0.29) is 16.7 Å². The van der Waals surface area contributed by atoms with Gasteiger partial charge >= 0.3 is 0 Å². The van der Waals surface area contributed by atoms with Crippen LogP contribution in [-0.4, -0.2) is 14.5 Å². The summed E-state index contributed by atoms with van der Waals surface area (Å²) in [4.78, 5) is -0.349. The lowest BCUT2D eigenvalue weighted by Crippen LogP contribution is -2.08.